The molecule has 0 aliphatic carbocycles. The van der Waals surface area contributed by atoms with Gasteiger partial charge in [0.2, 0.25) is 0 Å². The molecule has 1 amide bonds. The topological polar surface area (TPSA) is 79.0 Å². The van der Waals surface area contributed by atoms with E-state index in [9.17, 15) is 9.59 Å². The highest BCUT2D eigenvalue weighted by Gasteiger charge is 2.33. The summed E-state index contributed by atoms with van der Waals surface area (Å²) < 4.78 is 1.13. The molecule has 23 heavy (non-hydrogen) atoms. The molecule has 1 atom stereocenters. The maximum Gasteiger partial charge on any atom is 0.274 e. The van der Waals surface area contributed by atoms with Crippen LogP contribution in [0.4, 0.5) is 0 Å². The van der Waals surface area contributed by atoms with Crippen molar-refractivity contribution >= 4 is 27.5 Å². The highest BCUT2D eigenvalue weighted by molar-refractivity contribution is 7.18. The number of likely N-dealkylation sites (tertiary alicyclic amines) is 1. The Kier molecular flexibility index (Phi) is 3.42. The smallest absolute Gasteiger partial charge is 0.274 e. The Morgan fingerprint density at radius 3 is 2.91 bits per heavy atom. The van der Waals surface area contributed by atoms with Gasteiger partial charge in [-0.2, -0.15) is 5.10 Å². The van der Waals surface area contributed by atoms with E-state index < -0.39 is 0 Å². The molecule has 4 rings (SSSR count). The summed E-state index contributed by atoms with van der Waals surface area (Å²) in [5, 5.41) is 7.12. The average Bonchev–Trinajstić information content (AvgIpc) is 3.21. The summed E-state index contributed by atoms with van der Waals surface area (Å²) in [4.78, 5) is 30.3. The largest absolute Gasteiger partial charge is 0.328 e. The zero-order chi connectivity index (χ0) is 15.8. The number of benzene rings is 1. The van der Waals surface area contributed by atoms with Gasteiger partial charge in [0.1, 0.15) is 10.7 Å². The van der Waals surface area contributed by atoms with Gasteiger partial charge in [-0.1, -0.05) is 12.1 Å². The summed E-state index contributed by atoms with van der Waals surface area (Å²) in [5.74, 6) is -0.164. The monoisotopic (exact) mass is 326 g/mol. The minimum Gasteiger partial charge on any atom is -0.328 e. The quantitative estimate of drug-likeness (QED) is 0.784. The van der Waals surface area contributed by atoms with Crippen molar-refractivity contribution in [2.45, 2.75) is 18.9 Å². The van der Waals surface area contributed by atoms with Gasteiger partial charge in [-0.15, -0.1) is 11.3 Å². The first kappa shape index (κ1) is 14.1. The Hall–Kier alpha value is -2.54. The molecule has 7 heteroatoms. The van der Waals surface area contributed by atoms with Crippen LogP contribution in [-0.4, -0.2) is 32.5 Å². The van der Waals surface area contributed by atoms with Gasteiger partial charge in [-0.25, -0.2) is 10.1 Å². The number of hydrogen-bond donors (Lipinski definition) is 1. The van der Waals surface area contributed by atoms with Crippen molar-refractivity contribution in [3.63, 3.8) is 0 Å². The third kappa shape index (κ3) is 2.53. The molecule has 0 radical (unpaired) electrons. The molecule has 3 heterocycles. The van der Waals surface area contributed by atoms with Gasteiger partial charge in [0.15, 0.2) is 0 Å². The van der Waals surface area contributed by atoms with E-state index in [-0.39, 0.29) is 23.2 Å². The van der Waals surface area contributed by atoms with E-state index in [4.69, 9.17) is 0 Å². The van der Waals surface area contributed by atoms with Crippen molar-refractivity contribution in [2.75, 3.05) is 6.54 Å². The van der Waals surface area contributed by atoms with E-state index in [1.54, 1.807) is 16.2 Å². The Balaban J connectivity index is 1.67. The molecule has 2 aromatic heterocycles. The minimum absolute atomic E-state index is 0.0198. The molecule has 0 bridgehead atoms. The molecule has 6 nitrogen and oxygen atoms in total. The van der Waals surface area contributed by atoms with Crippen molar-refractivity contribution in [3.05, 3.63) is 57.5 Å². The molecule has 1 aliphatic heterocycles. The number of carbonyl (C=O) groups excluding carboxylic acids is 1. The molecule has 0 unspecified atom stereocenters. The van der Waals surface area contributed by atoms with Gasteiger partial charge in [0.25, 0.3) is 11.5 Å². The normalized spacial score (nSPS) is 17.7. The van der Waals surface area contributed by atoms with Crippen LogP contribution >= 0.6 is 11.3 Å². The maximum atomic E-state index is 12.7. The molecule has 1 aliphatic rings. The van der Waals surface area contributed by atoms with Crippen LogP contribution in [0.15, 0.2) is 41.2 Å². The zero-order valence-electron chi connectivity index (χ0n) is 12.2. The number of H-pyrrole nitrogens is 1. The number of fused-ring (bicyclic) bond motifs is 1. The molecule has 0 saturated carbocycles. The van der Waals surface area contributed by atoms with Crippen LogP contribution in [0.5, 0.6) is 0 Å². The Labute approximate surface area is 135 Å². The molecular weight excluding hydrogens is 312 g/mol. The van der Waals surface area contributed by atoms with Crippen LogP contribution in [0, 0.1) is 0 Å². The standard InChI is InChI=1S/C16H14N4O2S/c21-14-8-7-11(18-19-14)16(22)20-9-3-5-12(20)15-17-10-4-1-2-6-13(10)23-15/h1-2,4,6-8,12H,3,5,9H2,(H,19,21)/t12-/m0/s1. The second-order valence-corrected chi connectivity index (χ2v) is 6.55. The molecule has 116 valence electrons. The molecule has 1 fully saturated rings. The van der Waals surface area contributed by atoms with E-state index in [2.05, 4.69) is 15.2 Å². The third-order valence-electron chi connectivity index (χ3n) is 4.01. The highest BCUT2D eigenvalue weighted by atomic mass is 32.1. The molecule has 1 N–H and O–H groups in total. The van der Waals surface area contributed by atoms with Crippen LogP contribution in [-0.2, 0) is 0 Å². The van der Waals surface area contributed by atoms with Gasteiger partial charge in [0.05, 0.1) is 16.3 Å². The van der Waals surface area contributed by atoms with E-state index in [1.165, 1.54) is 12.1 Å². The molecule has 3 aromatic rings. The lowest BCUT2D eigenvalue weighted by Crippen LogP contribution is -2.31. The highest BCUT2D eigenvalue weighted by Crippen LogP contribution is 2.36. The maximum absolute atomic E-state index is 12.7. The number of nitrogens with zero attached hydrogens (tertiary/aromatic N) is 3. The van der Waals surface area contributed by atoms with Crippen molar-refractivity contribution < 1.29 is 4.79 Å². The summed E-state index contributed by atoms with van der Waals surface area (Å²) in [5.41, 5.74) is 0.914. The van der Waals surface area contributed by atoms with Gasteiger partial charge in [0, 0.05) is 12.6 Å². The Morgan fingerprint density at radius 2 is 2.13 bits per heavy atom. The molecule has 0 spiro atoms. The van der Waals surface area contributed by atoms with E-state index in [0.29, 0.717) is 6.54 Å². The first-order valence-electron chi connectivity index (χ1n) is 7.44. The summed E-state index contributed by atoms with van der Waals surface area (Å²) in [6.07, 6.45) is 1.84. The van der Waals surface area contributed by atoms with Crippen LogP contribution in [0.2, 0.25) is 0 Å². The van der Waals surface area contributed by atoms with Gasteiger partial charge in [-0.3, -0.25) is 9.59 Å². The summed E-state index contributed by atoms with van der Waals surface area (Å²) in [6, 6.07) is 10.8. The molecule has 1 saturated heterocycles. The number of nitrogens with one attached hydrogen (secondary N) is 1. The second-order valence-electron chi connectivity index (χ2n) is 5.48. The summed E-state index contributed by atoms with van der Waals surface area (Å²) in [7, 11) is 0. The fourth-order valence-electron chi connectivity index (χ4n) is 2.91. The Morgan fingerprint density at radius 1 is 1.26 bits per heavy atom. The van der Waals surface area contributed by atoms with Crippen molar-refractivity contribution in [1.29, 1.82) is 0 Å². The number of thiazole rings is 1. The fourth-order valence-corrected chi connectivity index (χ4v) is 4.03. The molecular formula is C16H14N4O2S. The summed E-state index contributed by atoms with van der Waals surface area (Å²) in [6.45, 7) is 0.681. The number of amides is 1. The van der Waals surface area contributed by atoms with Crippen LogP contribution in [0.25, 0.3) is 10.2 Å². The van der Waals surface area contributed by atoms with Crippen LogP contribution in [0.1, 0.15) is 34.4 Å². The lowest BCUT2D eigenvalue weighted by Gasteiger charge is -2.22. The van der Waals surface area contributed by atoms with Crippen molar-refractivity contribution in [1.82, 2.24) is 20.1 Å². The zero-order valence-corrected chi connectivity index (χ0v) is 13.0. The number of hydrogen-bond acceptors (Lipinski definition) is 5. The number of para-hydroxylation sites is 1. The second kappa shape index (κ2) is 5.58. The van der Waals surface area contributed by atoms with Gasteiger partial charge in [-0.05, 0) is 31.0 Å². The average molecular weight is 326 g/mol. The van der Waals surface area contributed by atoms with E-state index in [1.807, 2.05) is 24.3 Å². The third-order valence-corrected chi connectivity index (χ3v) is 5.15. The predicted octanol–water partition coefficient (Wildman–Crippen LogP) is 2.36. The van der Waals surface area contributed by atoms with Gasteiger partial charge < -0.3 is 4.90 Å². The van der Waals surface area contributed by atoms with E-state index >= 15 is 0 Å². The number of aromatic amines is 1. The lowest BCUT2D eigenvalue weighted by atomic mass is 10.2. The first-order chi connectivity index (χ1) is 11.2. The predicted molar refractivity (Wildman–Crippen MR) is 87.5 cm³/mol. The number of carbonyl (C=O) groups is 1. The van der Waals surface area contributed by atoms with Crippen LogP contribution < -0.4 is 5.56 Å². The number of aromatic nitrogens is 3. The van der Waals surface area contributed by atoms with Crippen molar-refractivity contribution in [3.8, 4) is 0 Å². The SMILES string of the molecule is O=C(c1ccc(=O)[nH]n1)N1CCC[C@H]1c1nc2ccccc2s1. The van der Waals surface area contributed by atoms with Crippen LogP contribution in [0.3, 0.4) is 0 Å². The fraction of sp³-hybridized carbons (Fsp3) is 0.250. The van der Waals surface area contributed by atoms with Gasteiger partial charge >= 0.3 is 0 Å². The lowest BCUT2D eigenvalue weighted by molar-refractivity contribution is 0.0728. The first-order valence-corrected chi connectivity index (χ1v) is 8.26. The minimum atomic E-state index is -0.314. The summed E-state index contributed by atoms with van der Waals surface area (Å²) >= 11 is 1.63. The van der Waals surface area contributed by atoms with Crippen molar-refractivity contribution in [2.24, 2.45) is 0 Å². The van der Waals surface area contributed by atoms with E-state index in [0.717, 1.165) is 28.1 Å². The molecule has 1 aromatic carbocycles. The number of rotatable bonds is 2. The Bertz CT molecular complexity index is 879.